The fraction of sp³-hybridized carbons (Fsp3) is 0.875. The first-order valence-electron chi connectivity index (χ1n) is 8.33. The Kier molecular flexibility index (Phi) is 4.08. The van der Waals surface area contributed by atoms with Crippen LogP contribution in [0.1, 0.15) is 39.5 Å². The first-order valence-corrected chi connectivity index (χ1v) is 10.1. The first-order chi connectivity index (χ1) is 10.5. The van der Waals surface area contributed by atoms with Crippen molar-refractivity contribution in [3.63, 3.8) is 0 Å². The Morgan fingerprint density at radius 2 is 1.59 bits per heavy atom. The topological polar surface area (TPSA) is 65.2 Å². The fourth-order valence-corrected chi connectivity index (χ4v) is 7.06. The molecule has 22 heavy (non-hydrogen) atoms. The van der Waals surface area contributed by atoms with Gasteiger partial charge in [-0.25, -0.2) is 0 Å². The van der Waals surface area contributed by atoms with Gasteiger partial charge in [-0.1, -0.05) is 6.92 Å². The summed E-state index contributed by atoms with van der Waals surface area (Å²) in [6.45, 7) is 4.13. The van der Waals surface area contributed by atoms with Crippen LogP contribution in [0.15, 0.2) is 9.98 Å². The highest BCUT2D eigenvalue weighted by atomic mass is 32.2. The molecule has 0 saturated heterocycles. The lowest BCUT2D eigenvalue weighted by atomic mass is 9.79. The Morgan fingerprint density at radius 1 is 0.909 bits per heavy atom. The molecule has 2 N–H and O–H groups in total. The highest BCUT2D eigenvalue weighted by molar-refractivity contribution is 8.15. The van der Waals surface area contributed by atoms with Gasteiger partial charge in [0, 0.05) is 16.4 Å². The minimum absolute atomic E-state index is 0.0412. The van der Waals surface area contributed by atoms with Crippen LogP contribution < -0.4 is 0 Å². The number of aliphatic hydroxyl groups is 2. The van der Waals surface area contributed by atoms with E-state index in [1.165, 1.54) is 5.04 Å². The van der Waals surface area contributed by atoms with Crippen molar-refractivity contribution in [3.8, 4) is 0 Å². The quantitative estimate of drug-likeness (QED) is 0.769. The van der Waals surface area contributed by atoms with Crippen molar-refractivity contribution in [2.24, 2.45) is 21.8 Å². The van der Waals surface area contributed by atoms with Crippen LogP contribution in [0.3, 0.4) is 0 Å². The van der Waals surface area contributed by atoms with Crippen molar-refractivity contribution in [3.05, 3.63) is 0 Å². The summed E-state index contributed by atoms with van der Waals surface area (Å²) in [6, 6.07) is 0.855. The molecule has 8 unspecified atom stereocenters. The van der Waals surface area contributed by atoms with E-state index in [9.17, 15) is 10.2 Å². The third-order valence-corrected chi connectivity index (χ3v) is 8.30. The number of aliphatic hydroxyl groups excluding tert-OH is 2. The second-order valence-electron chi connectivity index (χ2n) is 7.22. The maximum atomic E-state index is 10.4. The van der Waals surface area contributed by atoms with Gasteiger partial charge in [0.25, 0.3) is 0 Å². The Bertz CT molecular complexity index is 524. The van der Waals surface area contributed by atoms with Crippen molar-refractivity contribution in [2.75, 3.05) is 0 Å². The number of thioether (sulfide) groups is 2. The lowest BCUT2D eigenvalue weighted by Gasteiger charge is -2.35. The smallest absolute Gasteiger partial charge is 0.0741 e. The van der Waals surface area contributed by atoms with E-state index in [-0.39, 0.29) is 24.0 Å². The van der Waals surface area contributed by atoms with E-state index >= 15 is 0 Å². The monoisotopic (exact) mass is 340 g/mol. The third kappa shape index (κ3) is 2.66. The number of hydrogen-bond donors (Lipinski definition) is 2. The molecule has 0 aromatic rings. The molecular weight excluding hydrogens is 316 g/mol. The average molecular weight is 341 g/mol. The van der Waals surface area contributed by atoms with Gasteiger partial charge in [-0.2, -0.15) is 0 Å². The van der Waals surface area contributed by atoms with E-state index in [2.05, 4.69) is 6.92 Å². The lowest BCUT2D eigenvalue weighted by molar-refractivity contribution is -0.00485. The normalized spacial score (nSPS) is 51.1. The maximum Gasteiger partial charge on any atom is 0.0741 e. The zero-order valence-electron chi connectivity index (χ0n) is 13.1. The minimum atomic E-state index is -0.348. The number of nitrogens with zero attached hydrogens (tertiary/aromatic N) is 2. The molecule has 0 radical (unpaired) electrons. The zero-order chi connectivity index (χ0) is 15.4. The van der Waals surface area contributed by atoms with Gasteiger partial charge in [0.05, 0.1) is 34.4 Å². The molecule has 4 aliphatic rings. The summed E-state index contributed by atoms with van der Waals surface area (Å²) in [5.41, 5.74) is 0. The van der Waals surface area contributed by atoms with E-state index in [0.717, 1.165) is 17.9 Å². The number of fused-ring (bicyclic) bond motifs is 2. The summed E-state index contributed by atoms with van der Waals surface area (Å²) in [5.74, 6) is 0.230. The highest BCUT2D eigenvalue weighted by Gasteiger charge is 2.46. The van der Waals surface area contributed by atoms with E-state index in [0.29, 0.717) is 35.4 Å². The summed E-state index contributed by atoms with van der Waals surface area (Å²) in [7, 11) is 0. The molecule has 2 saturated carbocycles. The largest absolute Gasteiger partial charge is 0.393 e. The average Bonchev–Trinajstić information content (AvgIpc) is 3.01. The number of aliphatic imine (C=N–C) groups is 2. The summed E-state index contributed by atoms with van der Waals surface area (Å²) in [4.78, 5) is 9.74. The summed E-state index contributed by atoms with van der Waals surface area (Å²) in [5, 5.41) is 24.0. The third-order valence-electron chi connectivity index (χ3n) is 5.59. The van der Waals surface area contributed by atoms with Crippen LogP contribution in [0.4, 0.5) is 0 Å². The van der Waals surface area contributed by atoms with E-state index in [1.807, 2.05) is 30.4 Å². The van der Waals surface area contributed by atoms with Gasteiger partial charge in [0.15, 0.2) is 0 Å². The van der Waals surface area contributed by atoms with Gasteiger partial charge in [-0.05, 0) is 38.5 Å². The Morgan fingerprint density at radius 3 is 2.36 bits per heavy atom. The standard InChI is InChI=1S/C16H24N2O2S2/c1-7-3-13(20)9(4-12(7)19)16-18-11-6-14-10(5-15(11)22-16)17-8(2)21-14/h7,9-15,19-20H,3-6H2,1-2H3. The van der Waals surface area contributed by atoms with Crippen molar-refractivity contribution < 1.29 is 10.2 Å². The molecule has 0 aromatic heterocycles. The van der Waals surface area contributed by atoms with Crippen LogP contribution in [-0.4, -0.2) is 55.1 Å². The molecule has 4 nitrogen and oxygen atoms in total. The summed E-state index contributed by atoms with van der Waals surface area (Å²) < 4.78 is 0. The van der Waals surface area contributed by atoms with Gasteiger partial charge >= 0.3 is 0 Å². The van der Waals surface area contributed by atoms with Gasteiger partial charge in [0.2, 0.25) is 0 Å². The molecule has 2 fully saturated rings. The maximum absolute atomic E-state index is 10.4. The lowest BCUT2D eigenvalue weighted by Crippen LogP contribution is -2.40. The van der Waals surface area contributed by atoms with Crippen molar-refractivity contribution in [1.29, 1.82) is 0 Å². The van der Waals surface area contributed by atoms with E-state index in [1.54, 1.807) is 0 Å². The molecular formula is C16H24N2O2S2. The summed E-state index contributed by atoms with van der Waals surface area (Å²) >= 11 is 3.78. The molecule has 2 heterocycles. The molecule has 2 aliphatic carbocycles. The first kappa shape index (κ1) is 15.5. The van der Waals surface area contributed by atoms with Crippen LogP contribution in [0.5, 0.6) is 0 Å². The number of rotatable bonds is 1. The SMILES string of the molecule is CC1=NC2CC3SC(C4CC(O)C(C)CC4O)=NC3CC2S1. The molecule has 4 rings (SSSR count). The molecule has 6 heteroatoms. The molecule has 0 bridgehead atoms. The van der Waals surface area contributed by atoms with Gasteiger partial charge < -0.3 is 10.2 Å². The molecule has 2 aliphatic heterocycles. The van der Waals surface area contributed by atoms with Crippen molar-refractivity contribution in [2.45, 2.75) is 74.3 Å². The summed E-state index contributed by atoms with van der Waals surface area (Å²) in [6.07, 6.45) is 2.91. The van der Waals surface area contributed by atoms with Crippen molar-refractivity contribution in [1.82, 2.24) is 0 Å². The Labute approximate surface area is 140 Å². The Balaban J connectivity index is 1.47. The van der Waals surface area contributed by atoms with E-state index < -0.39 is 0 Å². The molecule has 122 valence electrons. The van der Waals surface area contributed by atoms with Crippen LogP contribution in [0.2, 0.25) is 0 Å². The van der Waals surface area contributed by atoms with E-state index in [4.69, 9.17) is 9.98 Å². The van der Waals surface area contributed by atoms with Crippen LogP contribution in [-0.2, 0) is 0 Å². The van der Waals surface area contributed by atoms with Gasteiger partial charge in [0.1, 0.15) is 0 Å². The predicted molar refractivity (Wildman–Crippen MR) is 94.0 cm³/mol. The predicted octanol–water partition coefficient (Wildman–Crippen LogP) is 2.33. The van der Waals surface area contributed by atoms with Crippen LogP contribution >= 0.6 is 23.5 Å². The Hall–Kier alpha value is -0.0400. The zero-order valence-corrected chi connectivity index (χ0v) is 14.7. The second kappa shape index (κ2) is 5.80. The van der Waals surface area contributed by atoms with Crippen LogP contribution in [0, 0.1) is 11.8 Å². The number of hydrogen-bond acceptors (Lipinski definition) is 6. The van der Waals surface area contributed by atoms with Crippen molar-refractivity contribution >= 4 is 33.6 Å². The fourth-order valence-electron chi connectivity index (χ4n) is 4.25. The minimum Gasteiger partial charge on any atom is -0.393 e. The molecule has 8 atom stereocenters. The molecule has 0 aromatic carbocycles. The molecule has 0 spiro atoms. The molecule has 0 amide bonds. The second-order valence-corrected chi connectivity index (χ2v) is 9.92. The van der Waals surface area contributed by atoms with Gasteiger partial charge in [-0.3, -0.25) is 9.98 Å². The highest BCUT2D eigenvalue weighted by Crippen LogP contribution is 2.47. The van der Waals surface area contributed by atoms with Gasteiger partial charge in [-0.15, -0.1) is 23.5 Å². The van der Waals surface area contributed by atoms with Crippen LogP contribution in [0.25, 0.3) is 0 Å².